The number of nitrogens with two attached hydrogens (primary N) is 1. The second-order valence-electron chi connectivity index (χ2n) is 4.62. The molecule has 2 atom stereocenters. The normalized spacial score (nSPS) is 18.9. The molecule has 2 rings (SSSR count). The van der Waals surface area contributed by atoms with Crippen LogP contribution < -0.4 is 5.73 Å². The van der Waals surface area contributed by atoms with Crippen LogP contribution in [0.2, 0.25) is 0 Å². The van der Waals surface area contributed by atoms with Gasteiger partial charge in [0.25, 0.3) is 0 Å². The Labute approximate surface area is 120 Å². The van der Waals surface area contributed by atoms with E-state index in [0.29, 0.717) is 19.6 Å². The first kappa shape index (κ1) is 15.2. The molecule has 0 radical (unpaired) electrons. The SMILES string of the molecule is C=S(CC1OCCO1)c1ccc(CC(N)C(=O)O)cc1. The highest BCUT2D eigenvalue weighted by molar-refractivity contribution is 8.14. The molecule has 0 bridgehead atoms. The fourth-order valence-corrected chi connectivity index (χ4v) is 3.16. The minimum Gasteiger partial charge on any atom is -0.480 e. The second kappa shape index (κ2) is 6.99. The molecule has 1 aromatic carbocycles. The van der Waals surface area contributed by atoms with E-state index in [0.717, 1.165) is 16.2 Å². The number of ether oxygens (including phenoxy) is 2. The van der Waals surface area contributed by atoms with E-state index in [9.17, 15) is 4.79 Å². The molecule has 3 N–H and O–H groups in total. The maximum absolute atomic E-state index is 10.7. The van der Waals surface area contributed by atoms with Crippen molar-refractivity contribution in [2.45, 2.75) is 23.6 Å². The minimum absolute atomic E-state index is 0.157. The molecule has 1 saturated heterocycles. The zero-order valence-corrected chi connectivity index (χ0v) is 12.0. The smallest absolute Gasteiger partial charge is 0.320 e. The van der Waals surface area contributed by atoms with Crippen molar-refractivity contribution in [2.75, 3.05) is 19.0 Å². The molecule has 6 heteroatoms. The highest BCUT2D eigenvalue weighted by Gasteiger charge is 2.17. The first-order valence-corrected chi connectivity index (χ1v) is 7.93. The summed E-state index contributed by atoms with van der Waals surface area (Å²) in [5.74, 6) is 3.90. The van der Waals surface area contributed by atoms with Crippen LogP contribution in [0.1, 0.15) is 5.56 Å². The standard InChI is InChI=1S/C14H19NO4S/c1-20(9-13-18-6-7-19-13)11-4-2-10(3-5-11)8-12(15)14(16)17/h2-5,12-13H,1,6-9,15H2,(H,16,17). The Kier molecular flexibility index (Phi) is 5.31. The van der Waals surface area contributed by atoms with E-state index in [2.05, 4.69) is 5.87 Å². The van der Waals surface area contributed by atoms with Gasteiger partial charge in [0.2, 0.25) is 0 Å². The van der Waals surface area contributed by atoms with E-state index >= 15 is 0 Å². The van der Waals surface area contributed by atoms with Gasteiger partial charge in [-0.25, -0.2) is 0 Å². The van der Waals surface area contributed by atoms with Gasteiger partial charge in [-0.1, -0.05) is 18.0 Å². The summed E-state index contributed by atoms with van der Waals surface area (Å²) in [5, 5.41) is 8.78. The van der Waals surface area contributed by atoms with Gasteiger partial charge in [-0.3, -0.25) is 4.79 Å². The molecule has 1 heterocycles. The van der Waals surface area contributed by atoms with Crippen LogP contribution in [0.4, 0.5) is 0 Å². The molecule has 0 aliphatic carbocycles. The zero-order chi connectivity index (χ0) is 14.5. The first-order valence-electron chi connectivity index (χ1n) is 6.37. The van der Waals surface area contributed by atoms with Gasteiger partial charge in [-0.15, -0.1) is 0 Å². The summed E-state index contributed by atoms with van der Waals surface area (Å²) in [5.41, 5.74) is 6.42. The van der Waals surface area contributed by atoms with E-state index in [1.807, 2.05) is 24.3 Å². The summed E-state index contributed by atoms with van der Waals surface area (Å²) in [6, 6.07) is 6.88. The second-order valence-corrected chi connectivity index (χ2v) is 6.41. The van der Waals surface area contributed by atoms with Gasteiger partial charge in [-0.2, -0.15) is 10.5 Å². The largest absolute Gasteiger partial charge is 0.480 e. The van der Waals surface area contributed by atoms with Gasteiger partial charge < -0.3 is 20.3 Å². The summed E-state index contributed by atoms with van der Waals surface area (Å²) >= 11 is 0. The Balaban J connectivity index is 1.93. The number of carboxylic acid groups (broad SMARTS) is 1. The third kappa shape index (κ3) is 4.14. The highest BCUT2D eigenvalue weighted by Crippen LogP contribution is 2.27. The lowest BCUT2D eigenvalue weighted by molar-refractivity contribution is -0.138. The Morgan fingerprint density at radius 3 is 2.55 bits per heavy atom. The molecular formula is C14H19NO4S. The van der Waals surface area contributed by atoms with Gasteiger partial charge >= 0.3 is 5.97 Å². The fraction of sp³-hybridized carbons (Fsp3) is 0.429. The molecule has 2 unspecified atom stereocenters. The molecule has 1 fully saturated rings. The van der Waals surface area contributed by atoms with Crippen molar-refractivity contribution in [3.8, 4) is 0 Å². The Morgan fingerprint density at radius 1 is 1.40 bits per heavy atom. The average molecular weight is 297 g/mol. The molecule has 20 heavy (non-hydrogen) atoms. The van der Waals surface area contributed by atoms with Gasteiger partial charge in [0.1, 0.15) is 6.04 Å². The number of carbonyl (C=O) groups is 1. The van der Waals surface area contributed by atoms with Crippen LogP contribution in [0.15, 0.2) is 29.2 Å². The lowest BCUT2D eigenvalue weighted by Gasteiger charge is -2.13. The van der Waals surface area contributed by atoms with Crippen LogP contribution >= 0.6 is 10.5 Å². The molecule has 5 nitrogen and oxygen atoms in total. The third-order valence-electron chi connectivity index (χ3n) is 3.06. The van der Waals surface area contributed by atoms with Crippen LogP contribution in [0, 0.1) is 0 Å². The Bertz CT molecular complexity index is 482. The number of aliphatic carboxylic acids is 1. The van der Waals surface area contributed by atoms with Crippen molar-refractivity contribution in [2.24, 2.45) is 5.73 Å². The van der Waals surface area contributed by atoms with Crippen molar-refractivity contribution in [1.82, 2.24) is 0 Å². The van der Waals surface area contributed by atoms with Gasteiger partial charge in [0.05, 0.1) is 13.2 Å². The summed E-state index contributed by atoms with van der Waals surface area (Å²) in [4.78, 5) is 11.8. The van der Waals surface area contributed by atoms with Crippen LogP contribution in [0.3, 0.4) is 0 Å². The summed E-state index contributed by atoms with van der Waals surface area (Å²) < 4.78 is 10.8. The number of rotatable bonds is 6. The van der Waals surface area contributed by atoms with E-state index < -0.39 is 12.0 Å². The van der Waals surface area contributed by atoms with Crippen LogP contribution in [-0.4, -0.2) is 48.2 Å². The number of carboxylic acids is 1. The lowest BCUT2D eigenvalue weighted by Crippen LogP contribution is -2.32. The number of benzene rings is 1. The molecular weight excluding hydrogens is 278 g/mol. The van der Waals surface area contributed by atoms with Gasteiger partial charge in [0, 0.05) is 10.6 Å². The topological polar surface area (TPSA) is 81.8 Å². The maximum Gasteiger partial charge on any atom is 0.320 e. The molecule has 1 aliphatic heterocycles. The zero-order valence-electron chi connectivity index (χ0n) is 11.2. The van der Waals surface area contributed by atoms with E-state index in [-0.39, 0.29) is 16.8 Å². The van der Waals surface area contributed by atoms with Gasteiger partial charge in [0.15, 0.2) is 6.29 Å². The molecule has 0 spiro atoms. The van der Waals surface area contributed by atoms with Gasteiger partial charge in [-0.05, 0) is 24.1 Å². The molecule has 1 aromatic rings. The monoisotopic (exact) mass is 297 g/mol. The predicted molar refractivity (Wildman–Crippen MR) is 79.3 cm³/mol. The molecule has 0 saturated carbocycles. The van der Waals surface area contributed by atoms with Crippen LogP contribution in [0.25, 0.3) is 0 Å². The summed E-state index contributed by atoms with van der Waals surface area (Å²) in [6.07, 6.45) is 0.172. The molecule has 0 aromatic heterocycles. The molecule has 0 amide bonds. The van der Waals surface area contributed by atoms with Crippen molar-refractivity contribution < 1.29 is 19.4 Å². The summed E-state index contributed by atoms with van der Waals surface area (Å²) in [6.45, 7) is 1.29. The van der Waals surface area contributed by atoms with E-state index in [1.54, 1.807) is 0 Å². The lowest BCUT2D eigenvalue weighted by atomic mass is 10.1. The van der Waals surface area contributed by atoms with Crippen molar-refractivity contribution in [3.63, 3.8) is 0 Å². The van der Waals surface area contributed by atoms with E-state index in [4.69, 9.17) is 20.3 Å². The third-order valence-corrected chi connectivity index (χ3v) is 4.67. The predicted octanol–water partition coefficient (Wildman–Crippen LogP) is 1.07. The van der Waals surface area contributed by atoms with Crippen LogP contribution in [0.5, 0.6) is 0 Å². The highest BCUT2D eigenvalue weighted by atomic mass is 32.2. The molecule has 110 valence electrons. The minimum atomic E-state index is -0.985. The quantitative estimate of drug-likeness (QED) is 0.768. The number of hydrogen-bond donors (Lipinski definition) is 2. The van der Waals surface area contributed by atoms with E-state index in [1.165, 1.54) is 0 Å². The molecule has 1 aliphatic rings. The van der Waals surface area contributed by atoms with Crippen molar-refractivity contribution in [1.29, 1.82) is 0 Å². The van der Waals surface area contributed by atoms with Crippen molar-refractivity contribution in [3.05, 3.63) is 29.8 Å². The summed E-state index contributed by atoms with van der Waals surface area (Å²) in [7, 11) is -0.201. The van der Waals surface area contributed by atoms with Crippen LogP contribution in [-0.2, 0) is 20.7 Å². The fourth-order valence-electron chi connectivity index (χ4n) is 1.92. The first-order chi connectivity index (χ1) is 9.56. The maximum atomic E-state index is 10.7. The van der Waals surface area contributed by atoms with Crippen molar-refractivity contribution >= 4 is 22.3 Å². The number of hydrogen-bond acceptors (Lipinski definition) is 4. The Morgan fingerprint density at radius 2 is 2.00 bits per heavy atom. The Hall–Kier alpha value is -1.21. The average Bonchev–Trinajstić information content (AvgIpc) is 2.92.